The summed E-state index contributed by atoms with van der Waals surface area (Å²) in [4.78, 5) is 45.0. The van der Waals surface area contributed by atoms with Crippen molar-refractivity contribution in [2.75, 3.05) is 27.2 Å². The molecule has 1 aliphatic heterocycles. The molecule has 1 aliphatic carbocycles. The largest absolute Gasteiger partial charge is 0.355 e. The van der Waals surface area contributed by atoms with Crippen LogP contribution in [0, 0.1) is 6.57 Å². The van der Waals surface area contributed by atoms with E-state index in [0.29, 0.717) is 49.2 Å². The standard InChI is InChI=1S/C31H37N9O3/c1-19(35-18-27(41)40-14-6-7-26(40)32-2)17-31(30-36-38-39(5)37-30)24-12-10-22(28(42)33-3)15-20(24)8-9-21-16-23(29(43)34-4)11-13-25(21)31/h10-13,15-16,19,26,35H,6-9,14,17-18H2,1,3-5H3,(H,33,42)(H,34,43)/t19-,26-/m0/s1. The molecule has 0 bridgehead atoms. The number of aromatic nitrogens is 4. The summed E-state index contributed by atoms with van der Waals surface area (Å²) < 4.78 is 0. The molecule has 1 fully saturated rings. The van der Waals surface area contributed by atoms with E-state index in [4.69, 9.17) is 11.7 Å². The smallest absolute Gasteiger partial charge is 0.300 e. The fourth-order valence-electron chi connectivity index (χ4n) is 6.50. The molecule has 3 aromatic rings. The number of likely N-dealkylation sites (tertiary alicyclic amines) is 1. The number of nitrogens with zero attached hydrogens (tertiary/aromatic N) is 6. The van der Waals surface area contributed by atoms with Crippen molar-refractivity contribution in [1.29, 1.82) is 0 Å². The molecule has 0 unspecified atom stereocenters. The molecule has 2 aromatic carbocycles. The van der Waals surface area contributed by atoms with Crippen molar-refractivity contribution in [3.8, 4) is 0 Å². The minimum Gasteiger partial charge on any atom is -0.355 e. The SMILES string of the molecule is [C-]#[N+][C@@H]1CCCN1C(=O)CN[C@@H](C)CC1(c2nnn(C)n2)c2ccc(C(=O)NC)cc2CCc2cc(C(=O)NC)ccc21. The van der Waals surface area contributed by atoms with Crippen molar-refractivity contribution in [1.82, 2.24) is 41.1 Å². The fourth-order valence-corrected chi connectivity index (χ4v) is 6.50. The minimum absolute atomic E-state index is 0.0934. The minimum atomic E-state index is -0.903. The normalized spacial score (nSPS) is 17.7. The van der Waals surface area contributed by atoms with Crippen LogP contribution in [0.1, 0.15) is 75.0 Å². The van der Waals surface area contributed by atoms with E-state index >= 15 is 0 Å². The predicted molar refractivity (Wildman–Crippen MR) is 159 cm³/mol. The van der Waals surface area contributed by atoms with Crippen LogP contribution in [-0.2, 0) is 30.1 Å². The first-order chi connectivity index (χ1) is 20.7. The van der Waals surface area contributed by atoms with Gasteiger partial charge in [-0.1, -0.05) is 12.1 Å². The first-order valence-corrected chi connectivity index (χ1v) is 14.6. The molecule has 1 saturated heterocycles. The summed E-state index contributed by atoms with van der Waals surface area (Å²) in [5, 5.41) is 22.3. The quantitative estimate of drug-likeness (QED) is 0.343. The van der Waals surface area contributed by atoms with Gasteiger partial charge in [0.15, 0.2) is 5.82 Å². The number of carbonyl (C=O) groups is 3. The van der Waals surface area contributed by atoms with E-state index in [2.05, 4.69) is 31.1 Å². The number of aryl methyl sites for hydroxylation is 3. The number of hydrogen-bond donors (Lipinski definition) is 3. The van der Waals surface area contributed by atoms with Crippen LogP contribution < -0.4 is 16.0 Å². The van der Waals surface area contributed by atoms with Gasteiger partial charge in [-0.3, -0.25) is 24.1 Å². The number of nitrogens with one attached hydrogen (secondary N) is 3. The highest BCUT2D eigenvalue weighted by Gasteiger charge is 2.46. The van der Waals surface area contributed by atoms with Gasteiger partial charge in [0, 0.05) is 44.2 Å². The number of carbonyl (C=O) groups excluding carboxylic acids is 3. The number of fused-ring (bicyclic) bond motifs is 2. The first kappa shape index (κ1) is 29.8. The molecule has 2 aliphatic rings. The van der Waals surface area contributed by atoms with Gasteiger partial charge in [-0.05, 0) is 84.3 Å². The molecule has 0 radical (unpaired) electrons. The lowest BCUT2D eigenvalue weighted by Crippen LogP contribution is -2.45. The van der Waals surface area contributed by atoms with Crippen LogP contribution in [0.25, 0.3) is 4.85 Å². The van der Waals surface area contributed by atoms with Gasteiger partial charge in [0.25, 0.3) is 11.8 Å². The molecule has 12 nitrogen and oxygen atoms in total. The monoisotopic (exact) mass is 583 g/mol. The third-order valence-corrected chi connectivity index (χ3v) is 8.57. The van der Waals surface area contributed by atoms with Crippen molar-refractivity contribution < 1.29 is 14.4 Å². The number of amides is 3. The first-order valence-electron chi connectivity index (χ1n) is 14.6. The molecular weight excluding hydrogens is 546 g/mol. The van der Waals surface area contributed by atoms with Crippen molar-refractivity contribution in [2.24, 2.45) is 7.05 Å². The van der Waals surface area contributed by atoms with Gasteiger partial charge in [0.05, 0.1) is 19.0 Å². The summed E-state index contributed by atoms with van der Waals surface area (Å²) in [6.45, 7) is 10.2. The number of hydrogen-bond acceptors (Lipinski definition) is 7. The lowest BCUT2D eigenvalue weighted by atomic mass is 9.67. The van der Waals surface area contributed by atoms with Crippen LogP contribution >= 0.6 is 0 Å². The van der Waals surface area contributed by atoms with E-state index in [1.807, 2.05) is 43.3 Å². The summed E-state index contributed by atoms with van der Waals surface area (Å²) in [6.07, 6.45) is 2.88. The Morgan fingerprint density at radius 2 is 1.65 bits per heavy atom. The second-order valence-electron chi connectivity index (χ2n) is 11.2. The van der Waals surface area contributed by atoms with Crippen molar-refractivity contribution in [2.45, 2.75) is 56.7 Å². The number of rotatable bonds is 8. The Kier molecular flexibility index (Phi) is 8.54. The summed E-state index contributed by atoms with van der Waals surface area (Å²) in [7, 11) is 4.93. The molecule has 0 saturated carbocycles. The predicted octanol–water partition coefficient (Wildman–Crippen LogP) is 1.60. The molecule has 3 N–H and O–H groups in total. The van der Waals surface area contributed by atoms with Gasteiger partial charge in [-0.15, -0.1) is 10.2 Å². The molecule has 2 heterocycles. The maximum absolute atomic E-state index is 13.1. The van der Waals surface area contributed by atoms with Crippen LogP contribution in [0.2, 0.25) is 0 Å². The Morgan fingerprint density at radius 1 is 1.05 bits per heavy atom. The molecule has 224 valence electrons. The molecule has 1 aromatic heterocycles. The van der Waals surface area contributed by atoms with Crippen molar-refractivity contribution in [3.05, 3.63) is 87.0 Å². The van der Waals surface area contributed by atoms with Crippen LogP contribution in [-0.4, -0.2) is 82.2 Å². The molecular formula is C31H37N9O3. The summed E-state index contributed by atoms with van der Waals surface area (Å²) >= 11 is 0. The van der Waals surface area contributed by atoms with E-state index in [1.54, 1.807) is 26.0 Å². The Bertz CT molecular complexity index is 1520. The van der Waals surface area contributed by atoms with E-state index < -0.39 is 11.6 Å². The third kappa shape index (κ3) is 5.60. The molecule has 12 heteroatoms. The lowest BCUT2D eigenvalue weighted by molar-refractivity contribution is -0.130. The Labute approximate surface area is 251 Å². The fraction of sp³-hybridized carbons (Fsp3) is 0.452. The zero-order chi connectivity index (χ0) is 30.7. The Balaban J connectivity index is 1.62. The van der Waals surface area contributed by atoms with Crippen molar-refractivity contribution >= 4 is 17.7 Å². The van der Waals surface area contributed by atoms with Gasteiger partial charge in [-0.25, -0.2) is 6.57 Å². The van der Waals surface area contributed by atoms with Crippen LogP contribution in [0.5, 0.6) is 0 Å². The molecule has 43 heavy (non-hydrogen) atoms. The number of benzene rings is 2. The third-order valence-electron chi connectivity index (χ3n) is 8.57. The summed E-state index contributed by atoms with van der Waals surface area (Å²) in [6, 6.07) is 11.2. The average Bonchev–Trinajstić information content (AvgIpc) is 3.67. The zero-order valence-corrected chi connectivity index (χ0v) is 25.0. The topological polar surface area (TPSA) is 138 Å². The highest BCUT2D eigenvalue weighted by molar-refractivity contribution is 5.95. The second kappa shape index (κ2) is 12.3. The van der Waals surface area contributed by atoms with Gasteiger partial charge in [-0.2, -0.15) is 4.80 Å². The van der Waals surface area contributed by atoms with E-state index in [9.17, 15) is 14.4 Å². The van der Waals surface area contributed by atoms with Crippen LogP contribution in [0.4, 0.5) is 0 Å². The Morgan fingerprint density at radius 3 is 2.16 bits per heavy atom. The maximum atomic E-state index is 13.1. The van der Waals surface area contributed by atoms with E-state index in [-0.39, 0.29) is 30.3 Å². The van der Waals surface area contributed by atoms with Gasteiger partial charge >= 0.3 is 6.17 Å². The van der Waals surface area contributed by atoms with Gasteiger partial charge in [0.2, 0.25) is 5.91 Å². The molecule has 2 atom stereocenters. The van der Waals surface area contributed by atoms with Crippen LogP contribution in [0.3, 0.4) is 0 Å². The molecule has 5 rings (SSSR count). The van der Waals surface area contributed by atoms with Crippen LogP contribution in [0.15, 0.2) is 36.4 Å². The average molecular weight is 584 g/mol. The molecule has 3 amide bonds. The summed E-state index contributed by atoms with van der Waals surface area (Å²) in [5.74, 6) is 0.0437. The highest BCUT2D eigenvalue weighted by Crippen LogP contribution is 2.47. The van der Waals surface area contributed by atoms with Gasteiger partial charge in [0.1, 0.15) is 0 Å². The van der Waals surface area contributed by atoms with Crippen molar-refractivity contribution in [3.63, 3.8) is 0 Å². The second-order valence-corrected chi connectivity index (χ2v) is 11.2. The van der Waals surface area contributed by atoms with E-state index in [1.165, 1.54) is 4.80 Å². The zero-order valence-electron chi connectivity index (χ0n) is 25.0. The Hall–Kier alpha value is -4.63. The highest BCUT2D eigenvalue weighted by atomic mass is 16.2. The van der Waals surface area contributed by atoms with Gasteiger partial charge < -0.3 is 16.0 Å². The lowest BCUT2D eigenvalue weighted by Gasteiger charge is -2.36. The van der Waals surface area contributed by atoms with E-state index in [0.717, 1.165) is 28.7 Å². The number of tetrazole rings is 1. The maximum Gasteiger partial charge on any atom is 0.300 e. The summed E-state index contributed by atoms with van der Waals surface area (Å²) in [5.41, 5.74) is 4.06. The molecule has 0 spiro atoms.